The molecule has 0 atom stereocenters. The number of nitrogens with zero attached hydrogens (tertiary/aromatic N) is 3. The minimum atomic E-state index is -2.68. The fraction of sp³-hybridized carbons (Fsp3) is 0.111. The topological polar surface area (TPSA) is 30.7 Å². The molecule has 0 aliphatic carbocycles. The Hall–Kier alpha value is -1.20. The largest absolute Gasteiger partial charge is 0.333 e. The van der Waals surface area contributed by atoms with Crippen molar-refractivity contribution in [2.75, 3.05) is 0 Å². The monoisotopic (exact) mass is 263 g/mol. The molecule has 0 amide bonds. The summed E-state index contributed by atoms with van der Waals surface area (Å²) < 4.78 is 25.1. The van der Waals surface area contributed by atoms with Gasteiger partial charge in [0, 0.05) is 11.2 Å². The van der Waals surface area contributed by atoms with E-state index in [1.54, 1.807) is 0 Å². The van der Waals surface area contributed by atoms with E-state index in [-0.39, 0.29) is 5.15 Å². The van der Waals surface area contributed by atoms with Crippen molar-refractivity contribution in [3.05, 3.63) is 34.6 Å². The van der Waals surface area contributed by atoms with Crippen LogP contribution in [0.4, 0.5) is 8.78 Å². The van der Waals surface area contributed by atoms with Gasteiger partial charge in [0.05, 0.1) is 5.69 Å². The molecule has 7 heteroatoms. The van der Waals surface area contributed by atoms with Gasteiger partial charge in [-0.05, 0) is 18.2 Å². The Morgan fingerprint density at radius 3 is 2.50 bits per heavy atom. The van der Waals surface area contributed by atoms with Gasteiger partial charge in [0.1, 0.15) is 10.8 Å². The van der Waals surface area contributed by atoms with Crippen molar-refractivity contribution < 1.29 is 8.78 Å². The first-order chi connectivity index (χ1) is 7.56. The van der Waals surface area contributed by atoms with Crippen LogP contribution in [-0.4, -0.2) is 14.8 Å². The normalized spacial score (nSPS) is 11.1. The Morgan fingerprint density at radius 1 is 1.19 bits per heavy atom. The molecule has 0 aliphatic heterocycles. The van der Waals surface area contributed by atoms with E-state index in [1.165, 1.54) is 18.2 Å². The summed E-state index contributed by atoms with van der Waals surface area (Å²) in [4.78, 5) is 3.94. The standard InChI is InChI=1S/C9H5Cl2F2N3/c10-5-3-7(14-8(11)4-5)6-1-2-16(15-6)9(12)13/h1-4,9H. The van der Waals surface area contributed by atoms with Crippen molar-refractivity contribution in [3.8, 4) is 11.4 Å². The summed E-state index contributed by atoms with van der Waals surface area (Å²) in [6.45, 7) is -2.68. The first-order valence-electron chi connectivity index (χ1n) is 4.23. The average molecular weight is 264 g/mol. The Morgan fingerprint density at radius 2 is 1.94 bits per heavy atom. The van der Waals surface area contributed by atoms with Crippen LogP contribution in [0.15, 0.2) is 24.4 Å². The lowest BCUT2D eigenvalue weighted by Gasteiger charge is -1.99. The minimum Gasteiger partial charge on any atom is -0.234 e. The van der Waals surface area contributed by atoms with Gasteiger partial charge >= 0.3 is 6.55 Å². The lowest BCUT2D eigenvalue weighted by Crippen LogP contribution is -1.98. The second kappa shape index (κ2) is 4.35. The highest BCUT2D eigenvalue weighted by Crippen LogP contribution is 2.23. The molecule has 0 fully saturated rings. The van der Waals surface area contributed by atoms with Gasteiger partial charge in [0.25, 0.3) is 0 Å². The van der Waals surface area contributed by atoms with Crippen molar-refractivity contribution >= 4 is 23.2 Å². The Bertz CT molecular complexity index is 493. The molecular weight excluding hydrogens is 259 g/mol. The van der Waals surface area contributed by atoms with Crippen molar-refractivity contribution in [3.63, 3.8) is 0 Å². The maximum atomic E-state index is 12.3. The summed E-state index contributed by atoms with van der Waals surface area (Å²) in [5.41, 5.74) is 0.654. The van der Waals surface area contributed by atoms with Crippen LogP contribution in [-0.2, 0) is 0 Å². The molecule has 0 saturated heterocycles. The summed E-state index contributed by atoms with van der Waals surface area (Å²) in [5.74, 6) is 0. The van der Waals surface area contributed by atoms with E-state index in [9.17, 15) is 8.78 Å². The van der Waals surface area contributed by atoms with E-state index in [4.69, 9.17) is 23.2 Å². The van der Waals surface area contributed by atoms with E-state index in [2.05, 4.69) is 10.1 Å². The maximum Gasteiger partial charge on any atom is 0.333 e. The number of hydrogen-bond acceptors (Lipinski definition) is 2. The van der Waals surface area contributed by atoms with E-state index < -0.39 is 6.55 Å². The highest BCUT2D eigenvalue weighted by Gasteiger charge is 2.10. The summed E-state index contributed by atoms with van der Waals surface area (Å²) in [7, 11) is 0. The van der Waals surface area contributed by atoms with Gasteiger partial charge in [-0.1, -0.05) is 23.2 Å². The molecule has 0 N–H and O–H groups in total. The number of rotatable bonds is 2. The molecule has 2 heterocycles. The Labute approximate surface area is 99.6 Å². The molecule has 3 nitrogen and oxygen atoms in total. The van der Waals surface area contributed by atoms with Gasteiger partial charge in [-0.2, -0.15) is 13.9 Å². The predicted octanol–water partition coefficient (Wildman–Crippen LogP) is 3.65. The summed E-state index contributed by atoms with van der Waals surface area (Å²) >= 11 is 11.5. The molecule has 2 aromatic rings. The van der Waals surface area contributed by atoms with Crippen molar-refractivity contribution in [1.82, 2.24) is 14.8 Å². The van der Waals surface area contributed by atoms with E-state index >= 15 is 0 Å². The summed E-state index contributed by atoms with van der Waals surface area (Å²) in [6.07, 6.45) is 1.16. The number of hydrogen-bond donors (Lipinski definition) is 0. The SMILES string of the molecule is FC(F)n1ccc(-c2cc(Cl)cc(Cl)n2)n1. The van der Waals surface area contributed by atoms with Crippen LogP contribution in [0.1, 0.15) is 6.55 Å². The minimum absolute atomic E-state index is 0.189. The summed E-state index contributed by atoms with van der Waals surface area (Å²) in [6, 6.07) is 4.38. The second-order valence-electron chi connectivity index (χ2n) is 2.95. The third-order valence-corrected chi connectivity index (χ3v) is 2.24. The highest BCUT2D eigenvalue weighted by molar-refractivity contribution is 6.34. The molecule has 2 rings (SSSR count). The molecule has 0 aliphatic rings. The molecule has 0 saturated carbocycles. The van der Waals surface area contributed by atoms with E-state index in [1.807, 2.05) is 0 Å². The molecule has 0 bridgehead atoms. The van der Waals surface area contributed by atoms with Gasteiger partial charge in [-0.25, -0.2) is 9.67 Å². The second-order valence-corrected chi connectivity index (χ2v) is 3.78. The van der Waals surface area contributed by atoms with Gasteiger partial charge in [0.2, 0.25) is 0 Å². The Kier molecular flexibility index (Phi) is 3.07. The van der Waals surface area contributed by atoms with Crippen LogP contribution >= 0.6 is 23.2 Å². The number of aromatic nitrogens is 3. The average Bonchev–Trinajstić information content (AvgIpc) is 2.64. The fourth-order valence-corrected chi connectivity index (χ4v) is 1.65. The molecule has 0 aromatic carbocycles. The molecule has 16 heavy (non-hydrogen) atoms. The zero-order valence-corrected chi connectivity index (χ0v) is 9.25. The quantitative estimate of drug-likeness (QED) is 0.775. The molecule has 84 valence electrons. The maximum absolute atomic E-state index is 12.3. The third-order valence-electron chi connectivity index (χ3n) is 1.83. The van der Waals surface area contributed by atoms with Crippen molar-refractivity contribution in [2.24, 2.45) is 0 Å². The van der Waals surface area contributed by atoms with E-state index in [0.717, 1.165) is 6.20 Å². The lowest BCUT2D eigenvalue weighted by atomic mass is 10.3. The van der Waals surface area contributed by atoms with Crippen LogP contribution in [0.25, 0.3) is 11.4 Å². The molecule has 0 spiro atoms. The zero-order chi connectivity index (χ0) is 11.7. The first kappa shape index (κ1) is 11.3. The third kappa shape index (κ3) is 2.31. The molecule has 0 unspecified atom stereocenters. The van der Waals surface area contributed by atoms with Crippen LogP contribution < -0.4 is 0 Å². The first-order valence-corrected chi connectivity index (χ1v) is 4.98. The van der Waals surface area contributed by atoms with Gasteiger partial charge in [0.15, 0.2) is 0 Å². The smallest absolute Gasteiger partial charge is 0.234 e. The summed E-state index contributed by atoms with van der Waals surface area (Å²) in [5, 5.41) is 4.21. The molecular formula is C9H5Cl2F2N3. The van der Waals surface area contributed by atoms with Crippen LogP contribution in [0.5, 0.6) is 0 Å². The van der Waals surface area contributed by atoms with Crippen LogP contribution in [0.2, 0.25) is 10.2 Å². The number of pyridine rings is 1. The Balaban J connectivity index is 2.42. The molecule has 2 aromatic heterocycles. The number of alkyl halides is 2. The van der Waals surface area contributed by atoms with Crippen molar-refractivity contribution in [2.45, 2.75) is 6.55 Å². The predicted molar refractivity (Wildman–Crippen MR) is 56.7 cm³/mol. The molecule has 0 radical (unpaired) electrons. The van der Waals surface area contributed by atoms with Gasteiger partial charge in [-0.3, -0.25) is 0 Å². The van der Waals surface area contributed by atoms with Gasteiger partial charge < -0.3 is 0 Å². The lowest BCUT2D eigenvalue weighted by molar-refractivity contribution is 0.0568. The van der Waals surface area contributed by atoms with Crippen molar-refractivity contribution in [1.29, 1.82) is 0 Å². The van der Waals surface area contributed by atoms with Crippen LogP contribution in [0, 0.1) is 0 Å². The van der Waals surface area contributed by atoms with Crippen LogP contribution in [0.3, 0.4) is 0 Å². The number of halogens is 4. The fourth-order valence-electron chi connectivity index (χ4n) is 1.18. The van der Waals surface area contributed by atoms with Gasteiger partial charge in [-0.15, -0.1) is 0 Å². The highest BCUT2D eigenvalue weighted by atomic mass is 35.5. The zero-order valence-electron chi connectivity index (χ0n) is 7.74. The van der Waals surface area contributed by atoms with E-state index in [0.29, 0.717) is 21.1 Å².